The molecule has 84 valence electrons. The molecule has 0 aromatic rings. The average molecular weight is 227 g/mol. The fourth-order valence-corrected chi connectivity index (χ4v) is 3.14. The van der Waals surface area contributed by atoms with Crippen molar-refractivity contribution in [2.75, 3.05) is 26.3 Å². The predicted octanol–water partition coefficient (Wildman–Crippen LogP) is 1.61. The predicted molar refractivity (Wildman–Crippen MR) is 61.6 cm³/mol. The Morgan fingerprint density at radius 1 is 1.40 bits per heavy atom. The highest BCUT2D eigenvalue weighted by molar-refractivity contribution is 7.86. The van der Waals surface area contributed by atoms with Crippen LogP contribution in [0.3, 0.4) is 0 Å². The zero-order chi connectivity index (χ0) is 10.7. The number of hydrogen-bond donors (Lipinski definition) is 0. The lowest BCUT2D eigenvalue weighted by atomic mass is 10.1. The van der Waals surface area contributed by atoms with Crippen LogP contribution in [0.1, 0.15) is 19.8 Å². The highest BCUT2D eigenvalue weighted by Gasteiger charge is 2.19. The fraction of sp³-hybridized carbons (Fsp3) is 0.636. The number of nitrogens with zero attached hydrogens (tertiary/aromatic N) is 1. The summed E-state index contributed by atoms with van der Waals surface area (Å²) >= 11 is 0. The molecular formula is C11H17NO2S. The standard InChI is InChI=1S/C11H17NO2S/c1-10-3-2-4-11(9-10)15(13)12-5-7-14-8-6-12/h4,9H,2-3,5-8H2,1H3. The van der Waals surface area contributed by atoms with Crippen LogP contribution in [-0.4, -0.2) is 34.8 Å². The first-order chi connectivity index (χ1) is 7.27. The van der Waals surface area contributed by atoms with Gasteiger partial charge in [0.05, 0.1) is 18.1 Å². The quantitative estimate of drug-likeness (QED) is 0.717. The van der Waals surface area contributed by atoms with Gasteiger partial charge in [0.25, 0.3) is 0 Å². The summed E-state index contributed by atoms with van der Waals surface area (Å²) in [6.45, 7) is 5.04. The fourth-order valence-electron chi connectivity index (χ4n) is 1.80. The third-order valence-electron chi connectivity index (χ3n) is 2.68. The molecule has 1 aliphatic carbocycles. The Labute approximate surface area is 93.4 Å². The summed E-state index contributed by atoms with van der Waals surface area (Å²) in [5, 5.41) is 0. The lowest BCUT2D eigenvalue weighted by molar-refractivity contribution is 0.0755. The van der Waals surface area contributed by atoms with Crippen LogP contribution in [0.25, 0.3) is 0 Å². The van der Waals surface area contributed by atoms with Gasteiger partial charge in [0.1, 0.15) is 11.0 Å². The van der Waals surface area contributed by atoms with E-state index >= 15 is 0 Å². The van der Waals surface area contributed by atoms with Crippen molar-refractivity contribution in [2.45, 2.75) is 19.8 Å². The second-order valence-electron chi connectivity index (χ2n) is 3.93. The maximum absolute atomic E-state index is 12.2. The van der Waals surface area contributed by atoms with Gasteiger partial charge in [-0.25, -0.2) is 8.51 Å². The number of hydrogen-bond acceptors (Lipinski definition) is 2. The van der Waals surface area contributed by atoms with E-state index in [9.17, 15) is 4.21 Å². The molecule has 0 aromatic carbocycles. The van der Waals surface area contributed by atoms with Crippen LogP contribution in [0.2, 0.25) is 0 Å². The maximum Gasteiger partial charge on any atom is 0.127 e. The molecule has 1 unspecified atom stereocenters. The summed E-state index contributed by atoms with van der Waals surface area (Å²) in [4.78, 5) is 0.973. The van der Waals surface area contributed by atoms with E-state index in [1.165, 1.54) is 5.57 Å². The van der Waals surface area contributed by atoms with Gasteiger partial charge in [-0.1, -0.05) is 11.6 Å². The molecule has 1 aliphatic heterocycles. The van der Waals surface area contributed by atoms with E-state index in [1.807, 2.05) is 4.31 Å². The minimum atomic E-state index is -0.976. The highest BCUT2D eigenvalue weighted by Crippen LogP contribution is 2.21. The van der Waals surface area contributed by atoms with Crippen molar-refractivity contribution in [1.29, 1.82) is 0 Å². The highest BCUT2D eigenvalue weighted by atomic mass is 32.2. The topological polar surface area (TPSA) is 29.5 Å². The summed E-state index contributed by atoms with van der Waals surface area (Å²) < 4.78 is 19.4. The molecule has 0 bridgehead atoms. The maximum atomic E-state index is 12.2. The Morgan fingerprint density at radius 2 is 2.13 bits per heavy atom. The van der Waals surface area contributed by atoms with E-state index in [-0.39, 0.29) is 0 Å². The Balaban J connectivity index is 2.03. The van der Waals surface area contributed by atoms with Crippen molar-refractivity contribution >= 4 is 11.0 Å². The summed E-state index contributed by atoms with van der Waals surface area (Å²) in [5.41, 5.74) is 1.33. The van der Waals surface area contributed by atoms with Crippen molar-refractivity contribution in [3.05, 3.63) is 22.6 Å². The molecular weight excluding hydrogens is 210 g/mol. The van der Waals surface area contributed by atoms with Crippen molar-refractivity contribution < 1.29 is 8.95 Å². The molecule has 0 aromatic heterocycles. The van der Waals surface area contributed by atoms with E-state index in [0.717, 1.165) is 30.8 Å². The zero-order valence-corrected chi connectivity index (χ0v) is 9.89. The number of ether oxygens (including phenoxy) is 1. The van der Waals surface area contributed by atoms with Crippen molar-refractivity contribution in [3.63, 3.8) is 0 Å². The molecule has 0 amide bonds. The Bertz CT molecular complexity index is 317. The van der Waals surface area contributed by atoms with Gasteiger partial charge in [-0.15, -0.1) is 0 Å². The summed E-state index contributed by atoms with van der Waals surface area (Å²) in [7, 11) is -0.976. The molecule has 0 N–H and O–H groups in total. The van der Waals surface area contributed by atoms with Gasteiger partial charge in [-0.05, 0) is 25.8 Å². The van der Waals surface area contributed by atoms with Crippen LogP contribution < -0.4 is 0 Å². The molecule has 0 spiro atoms. The lowest BCUT2D eigenvalue weighted by Crippen LogP contribution is -2.37. The number of rotatable bonds is 2. The van der Waals surface area contributed by atoms with Crippen LogP contribution in [0.15, 0.2) is 22.6 Å². The first-order valence-electron chi connectivity index (χ1n) is 5.39. The lowest BCUT2D eigenvalue weighted by Gasteiger charge is -2.26. The first-order valence-corrected chi connectivity index (χ1v) is 6.50. The van der Waals surface area contributed by atoms with Crippen LogP contribution in [0.5, 0.6) is 0 Å². The van der Waals surface area contributed by atoms with Gasteiger partial charge in [-0.3, -0.25) is 0 Å². The Morgan fingerprint density at radius 3 is 2.80 bits per heavy atom. The second kappa shape index (κ2) is 5.05. The van der Waals surface area contributed by atoms with E-state index in [2.05, 4.69) is 19.1 Å². The Hall–Kier alpha value is -0.450. The van der Waals surface area contributed by atoms with Crippen LogP contribution >= 0.6 is 0 Å². The van der Waals surface area contributed by atoms with Gasteiger partial charge in [-0.2, -0.15) is 0 Å². The molecule has 0 saturated carbocycles. The molecule has 15 heavy (non-hydrogen) atoms. The zero-order valence-electron chi connectivity index (χ0n) is 9.07. The second-order valence-corrected chi connectivity index (χ2v) is 5.41. The molecule has 1 fully saturated rings. The normalized spacial score (nSPS) is 25.7. The largest absolute Gasteiger partial charge is 0.379 e. The molecule has 1 saturated heterocycles. The molecule has 2 aliphatic rings. The van der Waals surface area contributed by atoms with Crippen molar-refractivity contribution in [2.24, 2.45) is 0 Å². The summed E-state index contributed by atoms with van der Waals surface area (Å²) in [6, 6.07) is 0. The minimum absolute atomic E-state index is 0.696. The van der Waals surface area contributed by atoms with Crippen molar-refractivity contribution in [1.82, 2.24) is 4.31 Å². The third-order valence-corrected chi connectivity index (χ3v) is 4.20. The van der Waals surface area contributed by atoms with E-state index in [4.69, 9.17) is 4.74 Å². The average Bonchev–Trinajstić information content (AvgIpc) is 2.29. The molecule has 4 heteroatoms. The SMILES string of the molecule is CC1=CC(S(=O)N2CCOCC2)=CCC1. The smallest absolute Gasteiger partial charge is 0.127 e. The van der Waals surface area contributed by atoms with E-state index in [1.54, 1.807) is 0 Å². The number of allylic oxidation sites excluding steroid dienone is 3. The molecule has 1 atom stereocenters. The first kappa shape index (κ1) is 11.0. The van der Waals surface area contributed by atoms with Gasteiger partial charge in [0, 0.05) is 13.1 Å². The van der Waals surface area contributed by atoms with Gasteiger partial charge >= 0.3 is 0 Å². The van der Waals surface area contributed by atoms with Gasteiger partial charge in [0.2, 0.25) is 0 Å². The summed E-state index contributed by atoms with van der Waals surface area (Å²) in [5.74, 6) is 0. The minimum Gasteiger partial charge on any atom is -0.379 e. The Kier molecular flexibility index (Phi) is 3.72. The number of morpholine rings is 1. The molecule has 3 nitrogen and oxygen atoms in total. The van der Waals surface area contributed by atoms with Crippen LogP contribution in [0.4, 0.5) is 0 Å². The molecule has 1 heterocycles. The van der Waals surface area contributed by atoms with Crippen molar-refractivity contribution in [3.8, 4) is 0 Å². The van der Waals surface area contributed by atoms with Gasteiger partial charge < -0.3 is 4.74 Å². The van der Waals surface area contributed by atoms with Crippen LogP contribution in [-0.2, 0) is 15.7 Å². The van der Waals surface area contributed by atoms with Gasteiger partial charge in [0.15, 0.2) is 0 Å². The summed E-state index contributed by atoms with van der Waals surface area (Å²) in [6.07, 6.45) is 6.28. The van der Waals surface area contributed by atoms with E-state index < -0.39 is 11.0 Å². The third kappa shape index (κ3) is 2.77. The van der Waals surface area contributed by atoms with E-state index in [0.29, 0.717) is 13.2 Å². The molecule has 2 rings (SSSR count). The molecule has 0 radical (unpaired) electrons. The monoisotopic (exact) mass is 227 g/mol. The van der Waals surface area contributed by atoms with Crippen LogP contribution in [0, 0.1) is 0 Å².